The van der Waals surface area contributed by atoms with Crippen molar-refractivity contribution in [1.82, 2.24) is 10.2 Å². The van der Waals surface area contributed by atoms with E-state index in [9.17, 15) is 13.2 Å². The molecule has 1 heterocycles. The summed E-state index contributed by atoms with van der Waals surface area (Å²) in [5, 5.41) is 2.80. The highest BCUT2D eigenvalue weighted by Crippen LogP contribution is 2.25. The molecule has 2 atom stereocenters. The highest BCUT2D eigenvalue weighted by atomic mass is 32.2. The van der Waals surface area contributed by atoms with Gasteiger partial charge in [0.1, 0.15) is 0 Å². The highest BCUT2D eigenvalue weighted by molar-refractivity contribution is 7.91. The lowest BCUT2D eigenvalue weighted by atomic mass is 9.88. The quantitative estimate of drug-likeness (QED) is 0.785. The molecule has 0 bridgehead atoms. The molecule has 2 rings (SSSR count). The van der Waals surface area contributed by atoms with Crippen LogP contribution in [0.25, 0.3) is 0 Å². The van der Waals surface area contributed by atoms with Crippen molar-refractivity contribution in [2.45, 2.75) is 38.7 Å². The third-order valence-corrected chi connectivity index (χ3v) is 5.98. The van der Waals surface area contributed by atoms with Gasteiger partial charge in [0.05, 0.1) is 24.2 Å². The van der Waals surface area contributed by atoms with Crippen LogP contribution in [0.4, 0.5) is 4.79 Å². The van der Waals surface area contributed by atoms with Crippen molar-refractivity contribution >= 4 is 15.9 Å². The van der Waals surface area contributed by atoms with E-state index < -0.39 is 9.84 Å². The number of sulfone groups is 1. The second kappa shape index (κ2) is 7.45. The fraction of sp³-hybridized carbons (Fsp3) is 0.929. The largest absolute Gasteiger partial charge is 0.376 e. The molecule has 0 aromatic rings. The lowest BCUT2D eigenvalue weighted by Gasteiger charge is -2.29. The number of amides is 2. The zero-order chi connectivity index (χ0) is 15.3. The van der Waals surface area contributed by atoms with E-state index in [4.69, 9.17) is 4.74 Å². The number of hydrogen-bond acceptors (Lipinski definition) is 4. The third-order valence-electron chi connectivity index (χ3n) is 4.37. The molecule has 0 aromatic heterocycles. The van der Waals surface area contributed by atoms with E-state index in [0.29, 0.717) is 25.2 Å². The fourth-order valence-electron chi connectivity index (χ4n) is 2.93. The van der Waals surface area contributed by atoms with Crippen LogP contribution < -0.4 is 5.32 Å². The van der Waals surface area contributed by atoms with Gasteiger partial charge in [-0.05, 0) is 18.8 Å². The molecule has 1 aliphatic carbocycles. The minimum Gasteiger partial charge on any atom is -0.376 e. The summed E-state index contributed by atoms with van der Waals surface area (Å²) in [4.78, 5) is 13.4. The van der Waals surface area contributed by atoms with E-state index in [2.05, 4.69) is 12.2 Å². The summed E-state index contributed by atoms with van der Waals surface area (Å²) in [6, 6.07) is -0.190. The molecular formula is C14H26N2O4S. The molecule has 0 spiro atoms. The maximum Gasteiger partial charge on any atom is 0.317 e. The van der Waals surface area contributed by atoms with Gasteiger partial charge in [0, 0.05) is 19.6 Å². The minimum absolute atomic E-state index is 0.0660. The smallest absolute Gasteiger partial charge is 0.317 e. The van der Waals surface area contributed by atoms with Gasteiger partial charge in [0.15, 0.2) is 9.84 Å². The molecule has 2 aliphatic rings. The van der Waals surface area contributed by atoms with Crippen LogP contribution in [-0.2, 0) is 14.6 Å². The number of urea groups is 1. The first kappa shape index (κ1) is 16.5. The van der Waals surface area contributed by atoms with Crippen molar-refractivity contribution in [3.63, 3.8) is 0 Å². The molecule has 1 saturated carbocycles. The first-order valence-corrected chi connectivity index (χ1v) is 9.65. The number of carbonyl (C=O) groups is 1. The molecule has 7 heteroatoms. The Bertz CT molecular complexity index is 438. The van der Waals surface area contributed by atoms with Crippen molar-refractivity contribution in [3.05, 3.63) is 0 Å². The molecule has 1 aliphatic heterocycles. The lowest BCUT2D eigenvalue weighted by Crippen LogP contribution is -2.48. The summed E-state index contributed by atoms with van der Waals surface area (Å²) in [5.41, 5.74) is 0. The Morgan fingerprint density at radius 2 is 1.90 bits per heavy atom. The van der Waals surface area contributed by atoms with Gasteiger partial charge in [-0.2, -0.15) is 0 Å². The zero-order valence-corrected chi connectivity index (χ0v) is 13.5. The Balaban J connectivity index is 1.61. The van der Waals surface area contributed by atoms with Gasteiger partial charge < -0.3 is 15.0 Å². The summed E-state index contributed by atoms with van der Waals surface area (Å²) in [7, 11) is -2.94. The van der Waals surface area contributed by atoms with E-state index in [0.717, 1.165) is 6.42 Å². The van der Waals surface area contributed by atoms with Crippen LogP contribution >= 0.6 is 0 Å². The van der Waals surface area contributed by atoms with Gasteiger partial charge >= 0.3 is 6.03 Å². The van der Waals surface area contributed by atoms with Crippen molar-refractivity contribution < 1.29 is 17.9 Å². The van der Waals surface area contributed by atoms with Crippen LogP contribution in [0.3, 0.4) is 0 Å². The van der Waals surface area contributed by atoms with Crippen LogP contribution in [0.5, 0.6) is 0 Å². The van der Waals surface area contributed by atoms with Crippen LogP contribution in [-0.4, -0.2) is 63.2 Å². The van der Waals surface area contributed by atoms with Gasteiger partial charge in [-0.25, -0.2) is 13.2 Å². The Morgan fingerprint density at radius 1 is 1.24 bits per heavy atom. The summed E-state index contributed by atoms with van der Waals surface area (Å²) < 4.78 is 28.4. The van der Waals surface area contributed by atoms with Gasteiger partial charge in [0.25, 0.3) is 0 Å². The molecule has 1 saturated heterocycles. The molecular weight excluding hydrogens is 292 g/mol. The van der Waals surface area contributed by atoms with Gasteiger partial charge in [-0.3, -0.25) is 0 Å². The second-order valence-electron chi connectivity index (χ2n) is 6.04. The molecule has 2 fully saturated rings. The van der Waals surface area contributed by atoms with Crippen molar-refractivity contribution in [2.24, 2.45) is 5.92 Å². The topological polar surface area (TPSA) is 75.7 Å². The Kier molecular flexibility index (Phi) is 5.87. The summed E-state index contributed by atoms with van der Waals surface area (Å²) in [6.07, 6.45) is 5.16. The van der Waals surface area contributed by atoms with Crippen molar-refractivity contribution in [3.8, 4) is 0 Å². The van der Waals surface area contributed by atoms with Gasteiger partial charge in [-0.15, -0.1) is 0 Å². The van der Waals surface area contributed by atoms with E-state index in [1.54, 1.807) is 4.90 Å². The Morgan fingerprint density at radius 3 is 2.57 bits per heavy atom. The van der Waals surface area contributed by atoms with Crippen LogP contribution in [0.1, 0.15) is 32.6 Å². The summed E-state index contributed by atoms with van der Waals surface area (Å²) in [5.74, 6) is 0.731. The van der Waals surface area contributed by atoms with Gasteiger partial charge in [-0.1, -0.05) is 19.8 Å². The predicted octanol–water partition coefficient (Wildman–Crippen LogP) is 1.02. The standard InChI is InChI=1S/C14H26N2O4S/c1-12-4-2-3-5-13(12)20-9-6-15-14(17)16-7-10-21(18,19)11-8-16/h12-13H,2-11H2,1H3,(H,15,17)/t12-,13-/m0/s1. The maximum atomic E-state index is 11.9. The second-order valence-corrected chi connectivity index (χ2v) is 8.35. The number of rotatable bonds is 4. The first-order chi connectivity index (χ1) is 9.98. The molecule has 21 heavy (non-hydrogen) atoms. The number of nitrogens with zero attached hydrogens (tertiary/aromatic N) is 1. The lowest BCUT2D eigenvalue weighted by molar-refractivity contribution is -0.00269. The van der Waals surface area contributed by atoms with Crippen LogP contribution in [0.15, 0.2) is 0 Å². The normalized spacial score (nSPS) is 29.1. The number of ether oxygens (including phenoxy) is 1. The van der Waals surface area contributed by atoms with Crippen molar-refractivity contribution in [1.29, 1.82) is 0 Å². The fourth-order valence-corrected chi connectivity index (χ4v) is 4.13. The average Bonchev–Trinajstić information content (AvgIpc) is 2.45. The maximum absolute atomic E-state index is 11.9. The highest BCUT2D eigenvalue weighted by Gasteiger charge is 2.25. The first-order valence-electron chi connectivity index (χ1n) is 7.83. The number of carbonyl (C=O) groups excluding carboxylic acids is 1. The Labute approximate surface area is 127 Å². The predicted molar refractivity (Wildman–Crippen MR) is 81.0 cm³/mol. The molecule has 1 N–H and O–H groups in total. The Hall–Kier alpha value is -0.820. The average molecular weight is 318 g/mol. The number of nitrogens with one attached hydrogen (secondary N) is 1. The van der Waals surface area contributed by atoms with E-state index in [1.807, 2.05) is 0 Å². The molecule has 122 valence electrons. The SMILES string of the molecule is C[C@H]1CCCC[C@@H]1OCCNC(=O)N1CCS(=O)(=O)CC1. The molecule has 0 aromatic carbocycles. The van der Waals surface area contributed by atoms with Crippen molar-refractivity contribution in [2.75, 3.05) is 37.7 Å². The van der Waals surface area contributed by atoms with Crippen LogP contribution in [0.2, 0.25) is 0 Å². The molecule has 6 nitrogen and oxygen atoms in total. The van der Waals surface area contributed by atoms with E-state index >= 15 is 0 Å². The third kappa shape index (κ3) is 5.14. The van der Waals surface area contributed by atoms with E-state index in [1.165, 1.54) is 19.3 Å². The molecule has 0 radical (unpaired) electrons. The molecule has 0 unspecified atom stereocenters. The van der Waals surface area contributed by atoms with Crippen LogP contribution in [0, 0.1) is 5.92 Å². The number of hydrogen-bond donors (Lipinski definition) is 1. The van der Waals surface area contributed by atoms with Gasteiger partial charge in [0.2, 0.25) is 0 Å². The zero-order valence-electron chi connectivity index (χ0n) is 12.7. The summed E-state index contributed by atoms with van der Waals surface area (Å²) in [6.45, 7) is 3.79. The monoisotopic (exact) mass is 318 g/mol. The summed E-state index contributed by atoms with van der Waals surface area (Å²) >= 11 is 0. The minimum atomic E-state index is -2.94. The van der Waals surface area contributed by atoms with E-state index in [-0.39, 0.29) is 30.6 Å². The molecule has 2 amide bonds.